The highest BCUT2D eigenvalue weighted by atomic mass is 79.9. The van der Waals surface area contributed by atoms with Crippen molar-refractivity contribution < 1.29 is 14.7 Å². The highest BCUT2D eigenvalue weighted by Gasteiger charge is 2.19. The summed E-state index contributed by atoms with van der Waals surface area (Å²) in [6.45, 7) is 3.30. The van der Waals surface area contributed by atoms with Crippen LogP contribution in [0.5, 0.6) is 0 Å². The molecule has 0 aliphatic carbocycles. The number of hydrogen-bond acceptors (Lipinski definition) is 2. The van der Waals surface area contributed by atoms with Crippen molar-refractivity contribution in [1.82, 2.24) is 4.90 Å². The Morgan fingerprint density at radius 2 is 1.95 bits per heavy atom. The molecular weight excluding hydrogens is 310 g/mol. The fourth-order valence-corrected chi connectivity index (χ4v) is 2.47. The van der Waals surface area contributed by atoms with Crippen molar-refractivity contribution in [2.45, 2.75) is 13.3 Å². The number of rotatable bonds is 2. The zero-order chi connectivity index (χ0) is 14.0. The predicted molar refractivity (Wildman–Crippen MR) is 75.4 cm³/mol. The van der Waals surface area contributed by atoms with E-state index in [1.54, 1.807) is 11.0 Å². The van der Waals surface area contributed by atoms with Crippen molar-refractivity contribution in [3.05, 3.63) is 45.4 Å². The molecule has 2 rings (SSSR count). The predicted octanol–water partition coefficient (Wildman–Crippen LogP) is 2.94. The van der Waals surface area contributed by atoms with Crippen LogP contribution in [-0.2, 0) is 0 Å². The van der Waals surface area contributed by atoms with E-state index < -0.39 is 5.97 Å². The number of benzene rings is 1. The molecule has 0 radical (unpaired) electrons. The number of carbonyl (C=O) groups excluding carboxylic acids is 1. The number of carboxylic acids is 1. The first-order valence-corrected chi connectivity index (χ1v) is 6.75. The van der Waals surface area contributed by atoms with E-state index in [0.717, 1.165) is 6.42 Å². The van der Waals surface area contributed by atoms with E-state index in [-0.39, 0.29) is 11.5 Å². The maximum Gasteiger partial charge on any atom is 0.335 e. The third-order valence-electron chi connectivity index (χ3n) is 3.12. The Labute approximate surface area is 119 Å². The fraction of sp³-hybridized carbons (Fsp3) is 0.286. The molecular formula is C14H14BrNO3. The van der Waals surface area contributed by atoms with Crippen molar-refractivity contribution in [2.75, 3.05) is 13.1 Å². The Hall–Kier alpha value is -1.62. The summed E-state index contributed by atoms with van der Waals surface area (Å²) < 4.78 is 0.597. The molecule has 4 nitrogen and oxygen atoms in total. The van der Waals surface area contributed by atoms with E-state index in [1.165, 1.54) is 17.7 Å². The minimum atomic E-state index is -1.04. The van der Waals surface area contributed by atoms with Crippen LogP contribution in [0.3, 0.4) is 0 Å². The average molecular weight is 324 g/mol. The summed E-state index contributed by atoms with van der Waals surface area (Å²) in [4.78, 5) is 25.0. The van der Waals surface area contributed by atoms with E-state index >= 15 is 0 Å². The summed E-state index contributed by atoms with van der Waals surface area (Å²) in [7, 11) is 0. The number of hydrogen-bond donors (Lipinski definition) is 1. The molecule has 1 aromatic rings. The lowest BCUT2D eigenvalue weighted by atomic mass is 10.1. The van der Waals surface area contributed by atoms with E-state index in [0.29, 0.717) is 23.1 Å². The van der Waals surface area contributed by atoms with Gasteiger partial charge in [0.1, 0.15) is 0 Å². The first-order valence-electron chi connectivity index (χ1n) is 5.96. The molecule has 1 amide bonds. The van der Waals surface area contributed by atoms with Gasteiger partial charge in [0.25, 0.3) is 5.91 Å². The second kappa shape index (κ2) is 5.57. The lowest BCUT2D eigenvalue weighted by Gasteiger charge is -2.25. The zero-order valence-electron chi connectivity index (χ0n) is 10.5. The van der Waals surface area contributed by atoms with Crippen molar-refractivity contribution in [1.29, 1.82) is 0 Å². The molecule has 0 spiro atoms. The van der Waals surface area contributed by atoms with E-state index in [9.17, 15) is 9.59 Å². The third-order valence-corrected chi connectivity index (χ3v) is 3.57. The molecule has 0 fully saturated rings. The molecule has 1 aliphatic rings. The van der Waals surface area contributed by atoms with Crippen LogP contribution in [0.4, 0.5) is 0 Å². The Bertz CT molecular complexity index is 566. The van der Waals surface area contributed by atoms with Crippen molar-refractivity contribution >= 4 is 27.8 Å². The van der Waals surface area contributed by atoms with E-state index in [2.05, 4.69) is 15.9 Å². The minimum Gasteiger partial charge on any atom is -0.478 e. The van der Waals surface area contributed by atoms with Gasteiger partial charge in [-0.1, -0.05) is 27.6 Å². The number of amides is 1. The molecule has 1 aliphatic heterocycles. The summed E-state index contributed by atoms with van der Waals surface area (Å²) >= 11 is 3.24. The van der Waals surface area contributed by atoms with Gasteiger partial charge in [0.05, 0.1) is 5.56 Å². The Morgan fingerprint density at radius 1 is 1.26 bits per heavy atom. The highest BCUT2D eigenvalue weighted by Crippen LogP contribution is 2.19. The summed E-state index contributed by atoms with van der Waals surface area (Å²) in [5.74, 6) is -1.17. The topological polar surface area (TPSA) is 57.6 Å². The summed E-state index contributed by atoms with van der Waals surface area (Å²) in [5.41, 5.74) is 1.80. The van der Waals surface area contributed by atoms with Gasteiger partial charge in [-0.3, -0.25) is 4.79 Å². The first-order chi connectivity index (χ1) is 8.97. The molecule has 0 aromatic heterocycles. The largest absolute Gasteiger partial charge is 0.478 e. The third kappa shape index (κ3) is 3.23. The normalized spacial score (nSPS) is 15.1. The molecule has 19 heavy (non-hydrogen) atoms. The number of carbonyl (C=O) groups is 2. The van der Waals surface area contributed by atoms with Crippen LogP contribution in [0.1, 0.15) is 34.1 Å². The van der Waals surface area contributed by atoms with Crippen molar-refractivity contribution in [3.8, 4) is 0 Å². The van der Waals surface area contributed by atoms with Crippen LogP contribution in [0.15, 0.2) is 34.3 Å². The van der Waals surface area contributed by atoms with Gasteiger partial charge in [0.15, 0.2) is 0 Å². The molecule has 5 heteroatoms. The van der Waals surface area contributed by atoms with Gasteiger partial charge < -0.3 is 10.0 Å². The highest BCUT2D eigenvalue weighted by molar-refractivity contribution is 9.10. The molecule has 0 atom stereocenters. The monoisotopic (exact) mass is 323 g/mol. The first kappa shape index (κ1) is 13.8. The molecule has 1 heterocycles. The second-order valence-electron chi connectivity index (χ2n) is 4.59. The standard InChI is InChI=1S/C14H14BrNO3/c1-9-2-4-16(5-3-9)13(17)10-6-11(14(18)19)8-12(15)7-10/h2,6-8H,3-5H2,1H3,(H,18,19). The Kier molecular flexibility index (Phi) is 4.04. The second-order valence-corrected chi connectivity index (χ2v) is 5.50. The number of halogens is 1. The smallest absolute Gasteiger partial charge is 0.335 e. The van der Waals surface area contributed by atoms with Crippen LogP contribution in [-0.4, -0.2) is 35.0 Å². The summed E-state index contributed by atoms with van der Waals surface area (Å²) in [6, 6.07) is 4.56. The maximum absolute atomic E-state index is 12.3. The number of aromatic carboxylic acids is 1. The summed E-state index contributed by atoms with van der Waals surface area (Å²) in [6.07, 6.45) is 2.89. The molecule has 1 N–H and O–H groups in total. The van der Waals surface area contributed by atoms with Gasteiger partial charge in [0, 0.05) is 23.1 Å². The number of nitrogens with zero attached hydrogens (tertiary/aromatic N) is 1. The van der Waals surface area contributed by atoms with E-state index in [1.807, 2.05) is 13.0 Å². The molecule has 0 bridgehead atoms. The Balaban J connectivity index is 2.26. The van der Waals surface area contributed by atoms with Crippen molar-refractivity contribution in [2.24, 2.45) is 0 Å². The van der Waals surface area contributed by atoms with Gasteiger partial charge >= 0.3 is 5.97 Å². The Morgan fingerprint density at radius 3 is 2.53 bits per heavy atom. The van der Waals surface area contributed by atoms with Gasteiger partial charge in [-0.2, -0.15) is 0 Å². The molecule has 0 unspecified atom stereocenters. The SMILES string of the molecule is CC1=CCN(C(=O)c2cc(Br)cc(C(=O)O)c2)CC1. The van der Waals surface area contributed by atoms with Crippen LogP contribution in [0.25, 0.3) is 0 Å². The molecule has 0 saturated heterocycles. The lowest BCUT2D eigenvalue weighted by Crippen LogP contribution is -2.34. The van der Waals surface area contributed by atoms with Crippen LogP contribution in [0.2, 0.25) is 0 Å². The van der Waals surface area contributed by atoms with Gasteiger partial charge in [0.2, 0.25) is 0 Å². The summed E-state index contributed by atoms with van der Waals surface area (Å²) in [5, 5.41) is 9.01. The van der Waals surface area contributed by atoms with Gasteiger partial charge in [-0.05, 0) is 31.5 Å². The minimum absolute atomic E-state index is 0.112. The van der Waals surface area contributed by atoms with E-state index in [4.69, 9.17) is 5.11 Å². The zero-order valence-corrected chi connectivity index (χ0v) is 12.1. The van der Waals surface area contributed by atoms with Gasteiger partial charge in [-0.15, -0.1) is 0 Å². The molecule has 0 saturated carbocycles. The average Bonchev–Trinajstić information content (AvgIpc) is 2.38. The maximum atomic E-state index is 12.3. The van der Waals surface area contributed by atoms with Crippen LogP contribution >= 0.6 is 15.9 Å². The molecule has 100 valence electrons. The molecule has 1 aromatic carbocycles. The van der Waals surface area contributed by atoms with Gasteiger partial charge in [-0.25, -0.2) is 4.79 Å². The fourth-order valence-electron chi connectivity index (χ4n) is 1.97. The quantitative estimate of drug-likeness (QED) is 0.851. The lowest BCUT2D eigenvalue weighted by molar-refractivity contribution is 0.0697. The van der Waals surface area contributed by atoms with Crippen molar-refractivity contribution in [3.63, 3.8) is 0 Å². The van der Waals surface area contributed by atoms with Crippen LogP contribution < -0.4 is 0 Å². The van der Waals surface area contributed by atoms with Crippen LogP contribution in [0, 0.1) is 0 Å². The number of carboxylic acid groups (broad SMARTS) is 1.